The summed E-state index contributed by atoms with van der Waals surface area (Å²) < 4.78 is 30.0. The molecule has 0 rings (SSSR count). The van der Waals surface area contributed by atoms with Gasteiger partial charge in [-0.3, -0.25) is 0 Å². The molecule has 0 bridgehead atoms. The first-order chi connectivity index (χ1) is 4.95. The van der Waals surface area contributed by atoms with E-state index >= 15 is 0 Å². The first-order valence-electron chi connectivity index (χ1n) is 2.64. The van der Waals surface area contributed by atoms with Crippen molar-refractivity contribution in [1.82, 2.24) is 10.7 Å². The van der Waals surface area contributed by atoms with Gasteiger partial charge in [-0.05, 0) is 12.2 Å². The molecule has 66 valence electrons. The molecule has 0 aliphatic heterocycles. The average Bonchev–Trinajstić information content (AvgIpc) is 1.85. The fourth-order valence-electron chi connectivity index (χ4n) is 0.341. The molecule has 0 saturated carbocycles. The van der Waals surface area contributed by atoms with Gasteiger partial charge < -0.3 is 15.3 Å². The summed E-state index contributed by atoms with van der Waals surface area (Å²) in [6.07, 6.45) is 0. The molecule has 9 heteroatoms. The van der Waals surface area contributed by atoms with E-state index in [1.807, 2.05) is 0 Å². The maximum atomic E-state index is 10.0. The maximum absolute atomic E-state index is 10.0. The molecular formula is C3H8N3NaO3S2. The minimum absolute atomic E-state index is 0. The summed E-state index contributed by atoms with van der Waals surface area (Å²) >= 11 is 4.50. The van der Waals surface area contributed by atoms with Crippen LogP contribution in [0, 0.1) is 0 Å². The third-order valence-corrected chi connectivity index (χ3v) is 1.74. The van der Waals surface area contributed by atoms with E-state index in [0.29, 0.717) is 0 Å². The Hall–Kier alpha value is 0.560. The number of thiocarbonyl (C=S) groups is 1. The zero-order chi connectivity index (χ0) is 8.91. The molecule has 0 amide bonds. The minimum atomic E-state index is -4.17. The van der Waals surface area contributed by atoms with Gasteiger partial charge in [0.15, 0.2) is 5.11 Å². The van der Waals surface area contributed by atoms with Crippen LogP contribution in [0.2, 0.25) is 0 Å². The van der Waals surface area contributed by atoms with Crippen molar-refractivity contribution in [3.8, 4) is 0 Å². The first kappa shape index (κ1) is 15.1. The molecule has 0 heterocycles. The molecule has 0 aromatic carbocycles. The van der Waals surface area contributed by atoms with Crippen LogP contribution in [-0.2, 0) is 10.1 Å². The zero-order valence-electron chi connectivity index (χ0n) is 6.53. The second kappa shape index (κ2) is 7.01. The Balaban J connectivity index is 0. The molecule has 0 aliphatic carbocycles. The summed E-state index contributed by atoms with van der Waals surface area (Å²) in [5.74, 6) is 4.34. The van der Waals surface area contributed by atoms with Gasteiger partial charge in [0, 0.05) is 6.54 Å². The quantitative estimate of drug-likeness (QED) is 0.144. The zero-order valence-corrected chi connectivity index (χ0v) is 10.2. The predicted molar refractivity (Wildman–Crippen MR) is 42.5 cm³/mol. The maximum Gasteiger partial charge on any atom is 1.00 e. The second-order valence-corrected chi connectivity index (χ2v) is 3.59. The normalized spacial score (nSPS) is 9.83. The summed E-state index contributed by atoms with van der Waals surface area (Å²) in [6.45, 7) is -0.0329. The van der Waals surface area contributed by atoms with Gasteiger partial charge in [0.1, 0.15) is 0 Å². The molecule has 6 nitrogen and oxygen atoms in total. The Kier molecular flexibility index (Phi) is 8.79. The van der Waals surface area contributed by atoms with E-state index < -0.39 is 15.9 Å². The number of hydrogen-bond donors (Lipinski definition) is 3. The van der Waals surface area contributed by atoms with E-state index in [1.54, 1.807) is 0 Å². The minimum Gasteiger partial charge on any atom is -0.748 e. The van der Waals surface area contributed by atoms with Crippen molar-refractivity contribution in [2.24, 2.45) is 5.84 Å². The monoisotopic (exact) mass is 221 g/mol. The molecule has 0 unspecified atom stereocenters. The van der Waals surface area contributed by atoms with Gasteiger partial charge in [0.25, 0.3) is 0 Å². The van der Waals surface area contributed by atoms with Gasteiger partial charge in [0.05, 0.1) is 15.9 Å². The number of hydrogen-bond acceptors (Lipinski definition) is 5. The molecule has 0 aliphatic rings. The summed E-state index contributed by atoms with van der Waals surface area (Å²) in [5.41, 5.74) is 2.07. The van der Waals surface area contributed by atoms with Crippen LogP contribution >= 0.6 is 12.2 Å². The molecule has 12 heavy (non-hydrogen) atoms. The largest absolute Gasteiger partial charge is 1.00 e. The molecule has 0 spiro atoms. The van der Waals surface area contributed by atoms with Gasteiger partial charge in [0.2, 0.25) is 0 Å². The van der Waals surface area contributed by atoms with Crippen molar-refractivity contribution in [1.29, 1.82) is 0 Å². The van der Waals surface area contributed by atoms with Crippen molar-refractivity contribution in [2.75, 3.05) is 12.3 Å². The predicted octanol–water partition coefficient (Wildman–Crippen LogP) is -5.13. The smallest absolute Gasteiger partial charge is 0.748 e. The third kappa shape index (κ3) is 10.6. The van der Waals surface area contributed by atoms with E-state index in [9.17, 15) is 13.0 Å². The Bertz CT molecular complexity index is 229. The Morgan fingerprint density at radius 3 is 2.42 bits per heavy atom. The summed E-state index contributed by atoms with van der Waals surface area (Å²) in [5, 5.41) is 2.51. The fourth-order valence-corrected chi connectivity index (χ4v) is 0.795. The Labute approximate surface area is 98.3 Å². The van der Waals surface area contributed by atoms with Crippen molar-refractivity contribution >= 4 is 27.4 Å². The molecular weight excluding hydrogens is 213 g/mol. The SMILES string of the molecule is NNC(=S)NCCS(=O)(=O)[O-].[Na+]. The first-order valence-corrected chi connectivity index (χ1v) is 4.62. The average molecular weight is 221 g/mol. The Morgan fingerprint density at radius 2 is 2.08 bits per heavy atom. The van der Waals surface area contributed by atoms with Crippen LogP contribution in [0.3, 0.4) is 0 Å². The van der Waals surface area contributed by atoms with E-state index in [-0.39, 0.29) is 41.2 Å². The number of nitrogens with two attached hydrogens (primary N) is 1. The second-order valence-electron chi connectivity index (χ2n) is 1.66. The van der Waals surface area contributed by atoms with E-state index in [0.717, 1.165) is 0 Å². The number of hydrazine groups is 1. The van der Waals surface area contributed by atoms with E-state index in [2.05, 4.69) is 23.0 Å². The van der Waals surface area contributed by atoms with Crippen LogP contribution in [0.25, 0.3) is 0 Å². The van der Waals surface area contributed by atoms with Gasteiger partial charge >= 0.3 is 29.6 Å². The van der Waals surface area contributed by atoms with Crippen molar-refractivity contribution in [2.45, 2.75) is 0 Å². The fraction of sp³-hybridized carbons (Fsp3) is 0.667. The van der Waals surface area contributed by atoms with Gasteiger partial charge in [-0.2, -0.15) is 0 Å². The van der Waals surface area contributed by atoms with Crippen LogP contribution in [-0.4, -0.2) is 30.4 Å². The number of nitrogens with one attached hydrogen (secondary N) is 2. The van der Waals surface area contributed by atoms with E-state index in [1.165, 1.54) is 0 Å². The van der Waals surface area contributed by atoms with Gasteiger partial charge in [-0.15, -0.1) is 0 Å². The summed E-state index contributed by atoms with van der Waals surface area (Å²) in [7, 11) is -4.17. The summed E-state index contributed by atoms with van der Waals surface area (Å²) in [4.78, 5) is 0. The van der Waals surface area contributed by atoms with Crippen molar-refractivity contribution < 1.29 is 42.5 Å². The van der Waals surface area contributed by atoms with Crippen LogP contribution < -0.4 is 46.1 Å². The number of rotatable bonds is 3. The molecule has 0 fully saturated rings. The van der Waals surface area contributed by atoms with Gasteiger partial charge in [-0.25, -0.2) is 14.3 Å². The van der Waals surface area contributed by atoms with Crippen LogP contribution in [0.15, 0.2) is 0 Å². The Morgan fingerprint density at radius 1 is 1.58 bits per heavy atom. The van der Waals surface area contributed by atoms with E-state index in [4.69, 9.17) is 5.84 Å². The summed E-state index contributed by atoms with van der Waals surface area (Å²) in [6, 6.07) is 0. The van der Waals surface area contributed by atoms with Crippen LogP contribution in [0.4, 0.5) is 0 Å². The molecule has 4 N–H and O–H groups in total. The molecule has 0 radical (unpaired) electrons. The van der Waals surface area contributed by atoms with Crippen molar-refractivity contribution in [3.63, 3.8) is 0 Å². The van der Waals surface area contributed by atoms with Crippen LogP contribution in [0.1, 0.15) is 0 Å². The van der Waals surface area contributed by atoms with Crippen LogP contribution in [0.5, 0.6) is 0 Å². The molecule has 0 saturated heterocycles. The van der Waals surface area contributed by atoms with Gasteiger partial charge in [-0.1, -0.05) is 0 Å². The molecule has 0 atom stereocenters. The molecule has 0 aromatic rings. The molecule has 0 aromatic heterocycles. The topological polar surface area (TPSA) is 107 Å². The third-order valence-electron chi connectivity index (χ3n) is 0.769. The standard InChI is InChI=1S/C3H9N3O3S2.Na/c4-6-3(10)5-1-2-11(7,8)9;/h1-2,4H2,(H2,5,6,10)(H,7,8,9);/q;+1/p-1. The van der Waals surface area contributed by atoms with Crippen molar-refractivity contribution in [3.05, 3.63) is 0 Å².